The summed E-state index contributed by atoms with van der Waals surface area (Å²) in [6.07, 6.45) is 3.46. The third-order valence-corrected chi connectivity index (χ3v) is 4.14. The number of nitrogens with zero attached hydrogens (tertiary/aromatic N) is 2. The molecular formula is C19H25ClN2O2. The Morgan fingerprint density at radius 1 is 1.29 bits per heavy atom. The molecule has 0 N–H and O–H groups in total. The van der Waals surface area contributed by atoms with E-state index in [9.17, 15) is 4.79 Å². The fourth-order valence-electron chi connectivity index (χ4n) is 2.64. The van der Waals surface area contributed by atoms with Gasteiger partial charge in [-0.1, -0.05) is 30.7 Å². The average molecular weight is 349 g/mol. The summed E-state index contributed by atoms with van der Waals surface area (Å²) < 4.78 is 7.30. The van der Waals surface area contributed by atoms with Crippen molar-refractivity contribution < 1.29 is 9.53 Å². The number of amides is 1. The van der Waals surface area contributed by atoms with E-state index in [1.165, 1.54) is 0 Å². The van der Waals surface area contributed by atoms with E-state index >= 15 is 0 Å². The summed E-state index contributed by atoms with van der Waals surface area (Å²) in [4.78, 5) is 14.2. The van der Waals surface area contributed by atoms with Crippen LogP contribution in [0.15, 0.2) is 42.6 Å². The molecule has 0 unspecified atom stereocenters. The number of methoxy groups -OCH3 is 1. The number of hydrogen-bond donors (Lipinski definition) is 0. The van der Waals surface area contributed by atoms with Crippen LogP contribution in [0.25, 0.3) is 0 Å². The third kappa shape index (κ3) is 5.39. The molecule has 1 aromatic heterocycles. The van der Waals surface area contributed by atoms with Crippen LogP contribution in [-0.4, -0.2) is 35.6 Å². The maximum atomic E-state index is 12.3. The number of hydrogen-bond acceptors (Lipinski definition) is 2. The van der Waals surface area contributed by atoms with Crippen molar-refractivity contribution in [2.45, 2.75) is 32.9 Å². The monoisotopic (exact) mass is 348 g/mol. The van der Waals surface area contributed by atoms with Crippen LogP contribution in [0.3, 0.4) is 0 Å². The minimum absolute atomic E-state index is 0.171. The molecule has 5 heteroatoms. The van der Waals surface area contributed by atoms with E-state index in [0.29, 0.717) is 26.1 Å². The van der Waals surface area contributed by atoms with Crippen molar-refractivity contribution in [2.24, 2.45) is 0 Å². The molecule has 1 amide bonds. The molecule has 2 rings (SSSR count). The van der Waals surface area contributed by atoms with Crippen molar-refractivity contribution in [1.82, 2.24) is 9.47 Å². The normalized spacial score (nSPS) is 10.8. The molecule has 0 aliphatic heterocycles. The minimum Gasteiger partial charge on any atom is -0.383 e. The molecule has 0 aliphatic rings. The molecule has 0 aliphatic carbocycles. The van der Waals surface area contributed by atoms with Crippen LogP contribution in [-0.2, 0) is 22.6 Å². The summed E-state index contributed by atoms with van der Waals surface area (Å²) in [5.74, 6) is 0.171. The van der Waals surface area contributed by atoms with E-state index in [-0.39, 0.29) is 5.91 Å². The van der Waals surface area contributed by atoms with E-state index in [0.717, 1.165) is 29.2 Å². The van der Waals surface area contributed by atoms with E-state index < -0.39 is 0 Å². The fourth-order valence-corrected chi connectivity index (χ4v) is 2.85. The smallest absolute Gasteiger partial charge is 0.222 e. The lowest BCUT2D eigenvalue weighted by Gasteiger charge is -2.23. The van der Waals surface area contributed by atoms with Crippen molar-refractivity contribution >= 4 is 17.5 Å². The molecule has 2 aromatic rings. The summed E-state index contributed by atoms with van der Waals surface area (Å²) in [6, 6.07) is 11.9. The molecule has 1 aromatic carbocycles. The predicted octanol–water partition coefficient (Wildman–Crippen LogP) is 3.96. The molecule has 0 saturated heterocycles. The van der Waals surface area contributed by atoms with Gasteiger partial charge in [-0.3, -0.25) is 4.79 Å². The summed E-state index contributed by atoms with van der Waals surface area (Å²) in [6.45, 7) is 4.51. The maximum absolute atomic E-state index is 12.3. The van der Waals surface area contributed by atoms with Gasteiger partial charge in [0.2, 0.25) is 5.91 Å². The minimum atomic E-state index is 0.171. The highest BCUT2D eigenvalue weighted by Gasteiger charge is 2.15. The number of carbonyl (C=O) groups excluding carboxylic acids is 1. The molecule has 0 saturated carbocycles. The zero-order valence-corrected chi connectivity index (χ0v) is 15.1. The lowest BCUT2D eigenvalue weighted by atomic mass is 10.2. The Kier molecular flexibility index (Phi) is 7.35. The Hall–Kier alpha value is -1.78. The Morgan fingerprint density at radius 3 is 2.83 bits per heavy atom. The molecule has 0 bridgehead atoms. The zero-order chi connectivity index (χ0) is 17.4. The first-order valence-corrected chi connectivity index (χ1v) is 8.67. The van der Waals surface area contributed by atoms with Gasteiger partial charge in [0.25, 0.3) is 0 Å². The Labute approximate surface area is 149 Å². The fraction of sp³-hybridized carbons (Fsp3) is 0.421. The Bertz CT molecular complexity index is 654. The molecule has 4 nitrogen and oxygen atoms in total. The molecule has 0 spiro atoms. The van der Waals surface area contributed by atoms with E-state index in [4.69, 9.17) is 16.3 Å². The molecule has 0 radical (unpaired) electrons. The van der Waals surface area contributed by atoms with Gasteiger partial charge in [-0.25, -0.2) is 0 Å². The quantitative estimate of drug-likeness (QED) is 0.687. The summed E-state index contributed by atoms with van der Waals surface area (Å²) >= 11 is 6.07. The van der Waals surface area contributed by atoms with Crippen LogP contribution >= 0.6 is 11.6 Å². The average Bonchev–Trinajstić information content (AvgIpc) is 2.98. The third-order valence-electron chi connectivity index (χ3n) is 3.90. The Morgan fingerprint density at radius 2 is 2.12 bits per heavy atom. The molecule has 130 valence electrons. The second kappa shape index (κ2) is 9.50. The van der Waals surface area contributed by atoms with Crippen molar-refractivity contribution in [3.05, 3.63) is 58.9 Å². The van der Waals surface area contributed by atoms with Crippen molar-refractivity contribution in [3.8, 4) is 0 Å². The number of aromatic nitrogens is 1. The number of benzene rings is 1. The molecule has 0 fully saturated rings. The predicted molar refractivity (Wildman–Crippen MR) is 97.2 cm³/mol. The molecule has 0 atom stereocenters. The van der Waals surface area contributed by atoms with Crippen molar-refractivity contribution in [1.29, 1.82) is 0 Å². The van der Waals surface area contributed by atoms with Gasteiger partial charge in [-0.05, 0) is 36.2 Å². The van der Waals surface area contributed by atoms with E-state index in [1.807, 2.05) is 42.3 Å². The van der Waals surface area contributed by atoms with Crippen LogP contribution < -0.4 is 0 Å². The second-order valence-electron chi connectivity index (χ2n) is 5.82. The van der Waals surface area contributed by atoms with Crippen molar-refractivity contribution in [2.75, 3.05) is 20.3 Å². The number of ether oxygens (including phenoxy) is 1. The van der Waals surface area contributed by atoms with E-state index in [2.05, 4.69) is 16.7 Å². The van der Waals surface area contributed by atoms with Gasteiger partial charge < -0.3 is 14.2 Å². The Balaban J connectivity index is 2.10. The van der Waals surface area contributed by atoms with Crippen LogP contribution in [0.2, 0.25) is 5.02 Å². The highest BCUT2D eigenvalue weighted by Crippen LogP contribution is 2.15. The molecule has 24 heavy (non-hydrogen) atoms. The molecular weight excluding hydrogens is 324 g/mol. The first-order valence-electron chi connectivity index (χ1n) is 8.29. The van der Waals surface area contributed by atoms with Gasteiger partial charge in [0.15, 0.2) is 0 Å². The van der Waals surface area contributed by atoms with Gasteiger partial charge in [-0.15, -0.1) is 0 Å². The lowest BCUT2D eigenvalue weighted by molar-refractivity contribution is -0.132. The summed E-state index contributed by atoms with van der Waals surface area (Å²) in [7, 11) is 1.66. The molecule has 1 heterocycles. The van der Waals surface area contributed by atoms with Crippen LogP contribution in [0.5, 0.6) is 0 Å². The number of halogens is 1. The maximum Gasteiger partial charge on any atom is 0.222 e. The van der Waals surface area contributed by atoms with Crippen molar-refractivity contribution in [3.63, 3.8) is 0 Å². The van der Waals surface area contributed by atoms with Crippen LogP contribution in [0, 0.1) is 0 Å². The van der Waals surface area contributed by atoms with E-state index in [1.54, 1.807) is 7.11 Å². The summed E-state index contributed by atoms with van der Waals surface area (Å²) in [5.41, 5.74) is 2.25. The SMILES string of the molecule is CCCC(=O)N(CCOC)Cc1cccn1Cc1cccc(Cl)c1. The number of carbonyl (C=O) groups is 1. The van der Waals surface area contributed by atoms with Crippen LogP contribution in [0.1, 0.15) is 31.0 Å². The first kappa shape index (κ1) is 18.6. The van der Waals surface area contributed by atoms with Crippen LogP contribution in [0.4, 0.5) is 0 Å². The largest absolute Gasteiger partial charge is 0.383 e. The van der Waals surface area contributed by atoms with Gasteiger partial charge >= 0.3 is 0 Å². The number of rotatable bonds is 9. The zero-order valence-electron chi connectivity index (χ0n) is 14.4. The van der Waals surface area contributed by atoms with Gasteiger partial charge in [0.1, 0.15) is 0 Å². The highest BCUT2D eigenvalue weighted by atomic mass is 35.5. The van der Waals surface area contributed by atoms with Gasteiger partial charge in [0.05, 0.1) is 13.2 Å². The van der Waals surface area contributed by atoms with Gasteiger partial charge in [-0.2, -0.15) is 0 Å². The standard InChI is InChI=1S/C19H25ClN2O2/c1-3-6-19(23)22(11-12-24-2)15-18-9-5-10-21(18)14-16-7-4-8-17(20)13-16/h4-5,7-10,13H,3,6,11-12,14-15H2,1-2H3. The van der Waals surface area contributed by atoms with Gasteiger partial charge in [0, 0.05) is 43.5 Å². The highest BCUT2D eigenvalue weighted by molar-refractivity contribution is 6.30. The second-order valence-corrected chi connectivity index (χ2v) is 6.25. The first-order chi connectivity index (χ1) is 11.6. The summed E-state index contributed by atoms with van der Waals surface area (Å²) in [5, 5.41) is 0.737. The topological polar surface area (TPSA) is 34.5 Å². The lowest BCUT2D eigenvalue weighted by Crippen LogP contribution is -2.34.